The van der Waals surface area contributed by atoms with Gasteiger partial charge in [0.05, 0.1) is 35.8 Å². The van der Waals surface area contributed by atoms with Crippen LogP contribution in [-0.2, 0) is 19.1 Å². The lowest BCUT2D eigenvalue weighted by Crippen LogP contribution is -2.56. The molecule has 1 spiro atoms. The fourth-order valence-electron chi connectivity index (χ4n) is 6.92. The molecule has 0 aromatic heterocycles. The molecule has 5 rings (SSSR count). The third-order valence-electron chi connectivity index (χ3n) is 8.68. The highest BCUT2D eigenvalue weighted by Crippen LogP contribution is 2.72. The monoisotopic (exact) mass is 594 g/mol. The predicted molar refractivity (Wildman–Crippen MR) is 162 cm³/mol. The van der Waals surface area contributed by atoms with Crippen LogP contribution in [0.15, 0.2) is 79.9 Å². The van der Waals surface area contributed by atoms with Gasteiger partial charge in [-0.25, -0.2) is 0 Å². The van der Waals surface area contributed by atoms with Gasteiger partial charge in [-0.2, -0.15) is 0 Å². The molecule has 3 fully saturated rings. The van der Waals surface area contributed by atoms with E-state index in [1.807, 2.05) is 37.3 Å². The Kier molecular flexibility index (Phi) is 8.37. The van der Waals surface area contributed by atoms with Crippen molar-refractivity contribution in [3.05, 3.63) is 90.5 Å². The number of thioether (sulfide) groups is 1. The van der Waals surface area contributed by atoms with Gasteiger partial charge in [-0.15, -0.1) is 24.9 Å². The normalized spacial score (nSPS) is 28.7. The van der Waals surface area contributed by atoms with Gasteiger partial charge in [-0.1, -0.05) is 54.1 Å². The van der Waals surface area contributed by atoms with E-state index in [4.69, 9.17) is 16.3 Å². The predicted octanol–water partition coefficient (Wildman–Crippen LogP) is 5.19. The molecule has 7 nitrogen and oxygen atoms in total. The van der Waals surface area contributed by atoms with Crippen LogP contribution in [0.4, 0.5) is 5.69 Å². The van der Waals surface area contributed by atoms with Crippen LogP contribution in [0.3, 0.4) is 0 Å². The van der Waals surface area contributed by atoms with Crippen molar-refractivity contribution in [3.8, 4) is 0 Å². The van der Waals surface area contributed by atoms with Crippen LogP contribution in [-0.4, -0.2) is 63.1 Å². The first-order valence-corrected chi connectivity index (χ1v) is 15.1. The number of anilines is 1. The Morgan fingerprint density at radius 3 is 2.51 bits per heavy atom. The van der Waals surface area contributed by atoms with E-state index in [2.05, 4.69) is 13.2 Å². The molecular formula is C32H35ClN2O5S. The maximum atomic E-state index is 14.8. The summed E-state index contributed by atoms with van der Waals surface area (Å²) in [5.74, 6) is -2.48. The third-order valence-corrected chi connectivity index (χ3v) is 10.9. The quantitative estimate of drug-likeness (QED) is 0.219. The molecule has 9 heteroatoms. The summed E-state index contributed by atoms with van der Waals surface area (Å²) in [7, 11) is 0. The molecule has 2 amide bonds. The highest BCUT2D eigenvalue weighted by molar-refractivity contribution is 8.02. The summed E-state index contributed by atoms with van der Waals surface area (Å²) >= 11 is 7.71. The number of likely N-dealkylation sites (tertiary alicyclic amines) is 1. The highest BCUT2D eigenvalue weighted by Gasteiger charge is 2.78. The van der Waals surface area contributed by atoms with E-state index < -0.39 is 39.4 Å². The van der Waals surface area contributed by atoms with Gasteiger partial charge >= 0.3 is 5.97 Å². The lowest BCUT2D eigenvalue weighted by Gasteiger charge is -2.39. The number of amides is 2. The number of carbonyl (C=O) groups excluding carboxylic acids is 3. The van der Waals surface area contributed by atoms with Gasteiger partial charge in [0.2, 0.25) is 5.91 Å². The zero-order valence-corrected chi connectivity index (χ0v) is 24.7. The number of ether oxygens (including phenoxy) is 1. The fraction of sp³-hybridized carbons (Fsp3) is 0.406. The van der Waals surface area contributed by atoms with Gasteiger partial charge in [0.1, 0.15) is 6.04 Å². The van der Waals surface area contributed by atoms with Crippen molar-refractivity contribution in [2.24, 2.45) is 11.8 Å². The molecule has 2 bridgehead atoms. The zero-order valence-electron chi connectivity index (χ0n) is 23.1. The molecule has 3 aliphatic rings. The molecule has 3 aliphatic heterocycles. The van der Waals surface area contributed by atoms with Crippen LogP contribution in [0.25, 0.3) is 0 Å². The standard InChI is InChI=1S/C32H35ClN2O5S/c1-4-6-19-40-30(39)26-25-28(37)35(24(20-36)21-10-8-7-9-11-21)27(32(25)17-16-31(26,3)41-32)29(38)34(18-5-2)23-14-12-22(33)13-15-23/h4-5,7-15,24-27,36H,1-2,6,16-20H2,3H3/t24-,25+,26-,27?,31+,32?/m1/s1. The number of aliphatic hydroxyl groups is 1. The van der Waals surface area contributed by atoms with Crippen LogP contribution in [0.1, 0.15) is 37.8 Å². The summed E-state index contributed by atoms with van der Waals surface area (Å²) in [6, 6.07) is 14.5. The summed E-state index contributed by atoms with van der Waals surface area (Å²) in [4.78, 5) is 46.1. The number of nitrogens with zero attached hydrogens (tertiary/aromatic N) is 2. The average molecular weight is 595 g/mol. The van der Waals surface area contributed by atoms with Crippen LogP contribution in [0.2, 0.25) is 5.02 Å². The Hall–Kier alpha value is -3.07. The minimum atomic E-state index is -0.925. The van der Waals surface area contributed by atoms with Crippen molar-refractivity contribution in [2.45, 2.75) is 47.8 Å². The molecule has 1 N–H and O–H groups in total. The molecular weight excluding hydrogens is 560 g/mol. The van der Waals surface area contributed by atoms with E-state index in [0.717, 1.165) is 5.56 Å². The Labute approximate surface area is 250 Å². The topological polar surface area (TPSA) is 87.1 Å². The van der Waals surface area contributed by atoms with E-state index in [1.165, 1.54) is 0 Å². The van der Waals surface area contributed by atoms with Gasteiger partial charge < -0.3 is 19.6 Å². The first-order chi connectivity index (χ1) is 19.7. The van der Waals surface area contributed by atoms with Crippen LogP contribution in [0.5, 0.6) is 0 Å². The van der Waals surface area contributed by atoms with Crippen molar-refractivity contribution in [1.82, 2.24) is 4.90 Å². The van der Waals surface area contributed by atoms with Crippen LogP contribution < -0.4 is 4.90 Å². The minimum absolute atomic E-state index is 0.187. The average Bonchev–Trinajstić information content (AvgIpc) is 3.54. The fourth-order valence-corrected chi connectivity index (χ4v) is 9.37. The molecule has 6 atom stereocenters. The summed E-state index contributed by atoms with van der Waals surface area (Å²) in [5.41, 5.74) is 1.34. The van der Waals surface area contributed by atoms with Gasteiger partial charge in [-0.05, 0) is 56.0 Å². The molecule has 3 heterocycles. The second kappa shape index (κ2) is 11.7. The summed E-state index contributed by atoms with van der Waals surface area (Å²) in [5, 5.41) is 11.2. The Balaban J connectivity index is 1.63. The van der Waals surface area contributed by atoms with E-state index >= 15 is 0 Å². The first kappa shape index (κ1) is 29.4. The minimum Gasteiger partial charge on any atom is -0.465 e. The molecule has 216 valence electrons. The molecule has 0 saturated carbocycles. The van der Waals surface area contributed by atoms with Crippen molar-refractivity contribution in [1.29, 1.82) is 0 Å². The van der Waals surface area contributed by atoms with Crippen LogP contribution in [0, 0.1) is 11.8 Å². The Morgan fingerprint density at radius 2 is 1.88 bits per heavy atom. The van der Waals surface area contributed by atoms with E-state index in [9.17, 15) is 19.5 Å². The number of rotatable bonds is 11. The van der Waals surface area contributed by atoms with Crippen LogP contribution >= 0.6 is 23.4 Å². The van der Waals surface area contributed by atoms with Crippen molar-refractivity contribution in [3.63, 3.8) is 0 Å². The van der Waals surface area contributed by atoms with Crippen molar-refractivity contribution >= 4 is 46.8 Å². The third kappa shape index (κ3) is 4.90. The number of hydrogen-bond acceptors (Lipinski definition) is 6. The number of fused-ring (bicyclic) bond motifs is 1. The molecule has 2 aromatic carbocycles. The van der Waals surface area contributed by atoms with Gasteiger partial charge in [0, 0.05) is 22.0 Å². The molecule has 2 unspecified atom stereocenters. The SMILES string of the molecule is C=CCCOC(=O)[C@H]1[C@H]2C(=O)N([C@H](CO)c3ccccc3)C(C(=O)N(CC=C)c3ccc(Cl)cc3)C23CC[C@]1(C)S3. The zero-order chi connectivity index (χ0) is 29.4. The van der Waals surface area contributed by atoms with E-state index in [-0.39, 0.29) is 31.6 Å². The smallest absolute Gasteiger partial charge is 0.311 e. The maximum Gasteiger partial charge on any atom is 0.311 e. The maximum absolute atomic E-state index is 14.8. The lowest BCUT2D eigenvalue weighted by molar-refractivity contribution is -0.156. The van der Waals surface area contributed by atoms with Gasteiger partial charge in [-0.3, -0.25) is 14.4 Å². The number of esters is 1. The second-order valence-electron chi connectivity index (χ2n) is 11.0. The number of aliphatic hydroxyl groups excluding tert-OH is 1. The number of halogens is 1. The largest absolute Gasteiger partial charge is 0.465 e. The Bertz CT molecular complexity index is 1340. The summed E-state index contributed by atoms with van der Waals surface area (Å²) < 4.78 is 4.23. The Morgan fingerprint density at radius 1 is 1.17 bits per heavy atom. The van der Waals surface area contributed by atoms with E-state index in [0.29, 0.717) is 30.0 Å². The lowest BCUT2D eigenvalue weighted by atomic mass is 9.66. The number of benzene rings is 2. The molecule has 41 heavy (non-hydrogen) atoms. The highest BCUT2D eigenvalue weighted by atomic mass is 35.5. The second-order valence-corrected chi connectivity index (χ2v) is 13.4. The number of hydrogen-bond donors (Lipinski definition) is 1. The summed E-state index contributed by atoms with van der Waals surface area (Å²) in [6.07, 6.45) is 5.09. The van der Waals surface area contributed by atoms with Gasteiger partial charge in [0.15, 0.2) is 0 Å². The molecule has 0 aliphatic carbocycles. The molecule has 3 saturated heterocycles. The number of carbonyl (C=O) groups is 3. The first-order valence-electron chi connectivity index (χ1n) is 13.9. The van der Waals surface area contributed by atoms with Gasteiger partial charge in [0.25, 0.3) is 5.91 Å². The summed E-state index contributed by atoms with van der Waals surface area (Å²) in [6.45, 7) is 9.59. The molecule has 2 aromatic rings. The van der Waals surface area contributed by atoms with E-state index in [1.54, 1.807) is 58.0 Å². The van der Waals surface area contributed by atoms with Crippen molar-refractivity contribution in [2.75, 3.05) is 24.7 Å². The van der Waals surface area contributed by atoms with Crippen molar-refractivity contribution < 1.29 is 24.2 Å². The molecule has 0 radical (unpaired) electrons.